The number of hydrogen-bond donors (Lipinski definition) is 0. The lowest BCUT2D eigenvalue weighted by Gasteiger charge is -2.21. The van der Waals surface area contributed by atoms with E-state index in [1.54, 1.807) is 0 Å². The van der Waals surface area contributed by atoms with Crippen molar-refractivity contribution in [2.24, 2.45) is 11.8 Å². The Morgan fingerprint density at radius 2 is 1.62 bits per heavy atom. The minimum atomic E-state index is -0.300. The van der Waals surface area contributed by atoms with Crippen molar-refractivity contribution in [2.75, 3.05) is 6.61 Å². The Bertz CT molecular complexity index is 319. The van der Waals surface area contributed by atoms with Crippen LogP contribution in [0.15, 0.2) is 0 Å². The van der Waals surface area contributed by atoms with Gasteiger partial charge in [0.05, 0.1) is 19.4 Å². The fourth-order valence-corrected chi connectivity index (χ4v) is 2.81. The summed E-state index contributed by atoms with van der Waals surface area (Å²) in [6.07, 6.45) is 6.78. The summed E-state index contributed by atoms with van der Waals surface area (Å²) in [6, 6.07) is 0. The van der Waals surface area contributed by atoms with Gasteiger partial charge in [-0.05, 0) is 43.9 Å². The van der Waals surface area contributed by atoms with Gasteiger partial charge in [-0.3, -0.25) is 9.59 Å². The lowest BCUT2D eigenvalue weighted by Crippen LogP contribution is -2.21. The van der Waals surface area contributed by atoms with Crippen molar-refractivity contribution in [3.63, 3.8) is 0 Å². The van der Waals surface area contributed by atoms with Crippen molar-refractivity contribution >= 4 is 11.9 Å². The monoisotopic (exact) mass is 298 g/mol. The molecule has 0 aromatic heterocycles. The first-order chi connectivity index (χ1) is 9.97. The largest absolute Gasteiger partial charge is 0.465 e. The Morgan fingerprint density at radius 3 is 2.24 bits per heavy atom. The third-order valence-electron chi connectivity index (χ3n) is 3.79. The summed E-state index contributed by atoms with van der Waals surface area (Å²) in [7, 11) is 0. The molecule has 4 heteroatoms. The standard InChI is InChI=1S/C17H30O4/c1-13(2)11-14(3)12-20-16(18)9-10-17(19)21-15-7-5-4-6-8-15/h13-15H,4-12H2,1-3H3. The highest BCUT2D eigenvalue weighted by Gasteiger charge is 2.18. The van der Waals surface area contributed by atoms with Gasteiger partial charge in [0.15, 0.2) is 0 Å². The molecular weight excluding hydrogens is 268 g/mol. The van der Waals surface area contributed by atoms with Crippen LogP contribution in [0.2, 0.25) is 0 Å². The van der Waals surface area contributed by atoms with Crippen LogP contribution in [0.5, 0.6) is 0 Å². The van der Waals surface area contributed by atoms with Crippen molar-refractivity contribution in [2.45, 2.75) is 78.2 Å². The first-order valence-electron chi connectivity index (χ1n) is 8.32. The molecule has 122 valence electrons. The molecule has 0 aromatic rings. The van der Waals surface area contributed by atoms with Gasteiger partial charge >= 0.3 is 11.9 Å². The minimum absolute atomic E-state index is 0.0633. The van der Waals surface area contributed by atoms with Crippen molar-refractivity contribution in [3.8, 4) is 0 Å². The van der Waals surface area contributed by atoms with E-state index in [4.69, 9.17) is 9.47 Å². The van der Waals surface area contributed by atoms with E-state index < -0.39 is 0 Å². The van der Waals surface area contributed by atoms with Gasteiger partial charge < -0.3 is 9.47 Å². The van der Waals surface area contributed by atoms with E-state index in [0.717, 1.165) is 32.1 Å². The first kappa shape index (κ1) is 18.0. The van der Waals surface area contributed by atoms with E-state index >= 15 is 0 Å². The Morgan fingerprint density at radius 1 is 1.00 bits per heavy atom. The van der Waals surface area contributed by atoms with Crippen LogP contribution in [0.25, 0.3) is 0 Å². The molecule has 1 unspecified atom stereocenters. The summed E-state index contributed by atoms with van der Waals surface area (Å²) in [4.78, 5) is 23.3. The average molecular weight is 298 g/mol. The summed E-state index contributed by atoms with van der Waals surface area (Å²) < 4.78 is 10.6. The highest BCUT2D eigenvalue weighted by molar-refractivity contribution is 5.77. The van der Waals surface area contributed by atoms with Gasteiger partial charge in [-0.25, -0.2) is 0 Å². The Hall–Kier alpha value is -1.06. The maximum atomic E-state index is 11.7. The first-order valence-corrected chi connectivity index (χ1v) is 8.32. The predicted octanol–water partition coefficient (Wildman–Crippen LogP) is 3.87. The number of ether oxygens (including phenoxy) is 2. The SMILES string of the molecule is CC(C)CC(C)COC(=O)CCC(=O)OC1CCCCC1. The fourth-order valence-electron chi connectivity index (χ4n) is 2.81. The van der Waals surface area contributed by atoms with Gasteiger partial charge in [-0.15, -0.1) is 0 Å². The second kappa shape index (κ2) is 9.80. The Labute approximate surface area is 128 Å². The molecule has 1 saturated carbocycles. The van der Waals surface area contributed by atoms with Gasteiger partial charge in [-0.2, -0.15) is 0 Å². The molecule has 0 bridgehead atoms. The molecule has 1 atom stereocenters. The third-order valence-corrected chi connectivity index (χ3v) is 3.79. The maximum absolute atomic E-state index is 11.7. The number of rotatable bonds is 8. The summed E-state index contributed by atoms with van der Waals surface area (Å²) in [5.74, 6) is 0.396. The molecule has 1 rings (SSSR count). The second-order valence-corrected chi connectivity index (χ2v) is 6.67. The summed E-state index contributed by atoms with van der Waals surface area (Å²) in [5.41, 5.74) is 0. The van der Waals surface area contributed by atoms with Crippen LogP contribution in [0, 0.1) is 11.8 Å². The smallest absolute Gasteiger partial charge is 0.306 e. The molecule has 0 N–H and O–H groups in total. The fraction of sp³-hybridized carbons (Fsp3) is 0.882. The Balaban J connectivity index is 2.10. The molecule has 0 radical (unpaired) electrons. The van der Waals surface area contributed by atoms with E-state index in [2.05, 4.69) is 20.8 Å². The number of hydrogen-bond acceptors (Lipinski definition) is 4. The van der Waals surface area contributed by atoms with Crippen LogP contribution in [-0.2, 0) is 19.1 Å². The molecule has 0 spiro atoms. The van der Waals surface area contributed by atoms with Crippen molar-refractivity contribution in [1.82, 2.24) is 0 Å². The summed E-state index contributed by atoms with van der Waals surface area (Å²) in [5, 5.41) is 0. The molecule has 1 aliphatic rings. The topological polar surface area (TPSA) is 52.6 Å². The summed E-state index contributed by atoms with van der Waals surface area (Å²) in [6.45, 7) is 6.82. The minimum Gasteiger partial charge on any atom is -0.465 e. The lowest BCUT2D eigenvalue weighted by molar-refractivity contribution is -0.155. The molecule has 0 aromatic carbocycles. The molecule has 1 fully saturated rings. The van der Waals surface area contributed by atoms with Gasteiger partial charge in [0, 0.05) is 0 Å². The van der Waals surface area contributed by atoms with E-state index in [9.17, 15) is 9.59 Å². The molecule has 21 heavy (non-hydrogen) atoms. The maximum Gasteiger partial charge on any atom is 0.306 e. The van der Waals surface area contributed by atoms with Gasteiger partial charge in [0.1, 0.15) is 6.10 Å². The van der Waals surface area contributed by atoms with E-state index in [0.29, 0.717) is 18.4 Å². The van der Waals surface area contributed by atoms with Gasteiger partial charge in [0.2, 0.25) is 0 Å². The van der Waals surface area contributed by atoms with Crippen molar-refractivity contribution in [1.29, 1.82) is 0 Å². The molecule has 0 saturated heterocycles. The van der Waals surface area contributed by atoms with Crippen LogP contribution >= 0.6 is 0 Å². The van der Waals surface area contributed by atoms with E-state index in [-0.39, 0.29) is 30.9 Å². The number of esters is 2. The zero-order valence-corrected chi connectivity index (χ0v) is 13.7. The van der Waals surface area contributed by atoms with Crippen LogP contribution < -0.4 is 0 Å². The highest BCUT2D eigenvalue weighted by Crippen LogP contribution is 2.20. The van der Waals surface area contributed by atoms with E-state index in [1.807, 2.05) is 0 Å². The third kappa shape index (κ3) is 8.74. The lowest BCUT2D eigenvalue weighted by atomic mass is 9.98. The molecule has 0 aliphatic heterocycles. The van der Waals surface area contributed by atoms with Crippen LogP contribution in [-0.4, -0.2) is 24.6 Å². The van der Waals surface area contributed by atoms with Crippen molar-refractivity contribution < 1.29 is 19.1 Å². The number of carbonyl (C=O) groups is 2. The van der Waals surface area contributed by atoms with Crippen LogP contribution in [0.3, 0.4) is 0 Å². The molecule has 0 amide bonds. The normalized spacial score (nSPS) is 17.5. The van der Waals surface area contributed by atoms with Crippen molar-refractivity contribution in [3.05, 3.63) is 0 Å². The zero-order chi connectivity index (χ0) is 15.7. The molecular formula is C17H30O4. The molecule has 4 nitrogen and oxygen atoms in total. The second-order valence-electron chi connectivity index (χ2n) is 6.67. The van der Waals surface area contributed by atoms with Gasteiger partial charge in [-0.1, -0.05) is 27.2 Å². The predicted molar refractivity (Wildman–Crippen MR) is 81.8 cm³/mol. The average Bonchev–Trinajstić information content (AvgIpc) is 2.43. The van der Waals surface area contributed by atoms with Crippen LogP contribution in [0.1, 0.15) is 72.1 Å². The van der Waals surface area contributed by atoms with Crippen LogP contribution in [0.4, 0.5) is 0 Å². The number of carbonyl (C=O) groups excluding carboxylic acids is 2. The van der Waals surface area contributed by atoms with Gasteiger partial charge in [0.25, 0.3) is 0 Å². The molecule has 1 aliphatic carbocycles. The quantitative estimate of drug-likeness (QED) is 0.638. The van der Waals surface area contributed by atoms with E-state index in [1.165, 1.54) is 6.42 Å². The molecule has 0 heterocycles. The summed E-state index contributed by atoms with van der Waals surface area (Å²) >= 11 is 0. The Kier molecular flexibility index (Phi) is 8.40. The highest BCUT2D eigenvalue weighted by atomic mass is 16.5. The zero-order valence-electron chi connectivity index (χ0n) is 13.7.